The average molecular weight is 345 g/mol. The lowest BCUT2D eigenvalue weighted by Gasteiger charge is -2.20. The van der Waals surface area contributed by atoms with E-state index in [0.717, 1.165) is 37.9 Å². The van der Waals surface area contributed by atoms with Crippen molar-refractivity contribution in [3.63, 3.8) is 0 Å². The first-order valence-electron chi connectivity index (χ1n) is 8.59. The van der Waals surface area contributed by atoms with E-state index < -0.39 is 0 Å². The summed E-state index contributed by atoms with van der Waals surface area (Å²) in [6.45, 7) is 6.25. The van der Waals surface area contributed by atoms with Crippen LogP contribution in [0.4, 0.5) is 5.69 Å². The molecule has 1 unspecified atom stereocenters. The lowest BCUT2D eigenvalue weighted by molar-refractivity contribution is -0.119. The molecule has 0 saturated heterocycles. The minimum Gasteiger partial charge on any atom is -0.411 e. The van der Waals surface area contributed by atoms with Crippen molar-refractivity contribution in [1.82, 2.24) is 10.2 Å². The van der Waals surface area contributed by atoms with Gasteiger partial charge in [0.05, 0.1) is 5.25 Å². The summed E-state index contributed by atoms with van der Waals surface area (Å²) >= 11 is 1.41. The number of ketones is 1. The van der Waals surface area contributed by atoms with Crippen molar-refractivity contribution in [2.45, 2.75) is 50.0 Å². The molecular formula is C18H23N3O2S. The number of hydrogen-bond donors (Lipinski definition) is 0. The Bertz CT molecular complexity index is 680. The van der Waals surface area contributed by atoms with E-state index in [-0.39, 0.29) is 5.25 Å². The first-order valence-corrected chi connectivity index (χ1v) is 9.47. The van der Waals surface area contributed by atoms with Crippen LogP contribution in [0.2, 0.25) is 0 Å². The Labute approximate surface area is 146 Å². The van der Waals surface area contributed by atoms with Gasteiger partial charge in [-0.15, -0.1) is 10.2 Å². The molecule has 0 spiro atoms. The number of rotatable bonds is 6. The molecule has 1 saturated carbocycles. The van der Waals surface area contributed by atoms with Crippen molar-refractivity contribution in [1.29, 1.82) is 0 Å². The van der Waals surface area contributed by atoms with E-state index in [0.29, 0.717) is 23.3 Å². The predicted octanol–water partition coefficient (Wildman–Crippen LogP) is 4.19. The Morgan fingerprint density at radius 3 is 2.58 bits per heavy atom. The summed E-state index contributed by atoms with van der Waals surface area (Å²) < 4.78 is 5.75. The molecule has 2 aromatic rings. The Kier molecular flexibility index (Phi) is 5.56. The number of aromatic nitrogens is 2. The second-order valence-corrected chi connectivity index (χ2v) is 7.06. The third-order valence-corrected chi connectivity index (χ3v) is 5.54. The molecule has 0 aliphatic heterocycles. The van der Waals surface area contributed by atoms with Gasteiger partial charge in [-0.05, 0) is 51.0 Å². The van der Waals surface area contributed by atoms with Crippen LogP contribution in [-0.2, 0) is 4.79 Å². The maximum atomic E-state index is 11.9. The molecule has 3 rings (SSSR count). The first kappa shape index (κ1) is 17.0. The number of anilines is 1. The smallest absolute Gasteiger partial charge is 0.277 e. The second-order valence-electron chi connectivity index (χ2n) is 5.91. The highest BCUT2D eigenvalue weighted by molar-refractivity contribution is 8.00. The molecular weight excluding hydrogens is 322 g/mol. The van der Waals surface area contributed by atoms with Crippen molar-refractivity contribution >= 4 is 23.2 Å². The molecule has 0 radical (unpaired) electrons. The molecule has 24 heavy (non-hydrogen) atoms. The number of carbonyl (C=O) groups is 1. The van der Waals surface area contributed by atoms with Crippen LogP contribution in [-0.4, -0.2) is 34.3 Å². The first-order chi connectivity index (χ1) is 11.7. The highest BCUT2D eigenvalue weighted by atomic mass is 32.2. The third kappa shape index (κ3) is 3.80. The Morgan fingerprint density at radius 2 is 1.92 bits per heavy atom. The summed E-state index contributed by atoms with van der Waals surface area (Å²) in [5.41, 5.74) is 2.09. The maximum absolute atomic E-state index is 11.9. The Balaban J connectivity index is 1.69. The van der Waals surface area contributed by atoms with Crippen LogP contribution in [0, 0.1) is 0 Å². The van der Waals surface area contributed by atoms with Crippen LogP contribution in [0.15, 0.2) is 33.9 Å². The number of benzene rings is 1. The van der Waals surface area contributed by atoms with E-state index in [1.165, 1.54) is 17.4 Å². The van der Waals surface area contributed by atoms with Crippen molar-refractivity contribution in [2.75, 3.05) is 18.0 Å². The number of hydrogen-bond acceptors (Lipinski definition) is 6. The van der Waals surface area contributed by atoms with E-state index in [1.807, 2.05) is 12.1 Å². The van der Waals surface area contributed by atoms with Gasteiger partial charge in [0, 0.05) is 30.8 Å². The van der Waals surface area contributed by atoms with Gasteiger partial charge in [-0.3, -0.25) is 4.79 Å². The minimum atomic E-state index is -0.0305. The summed E-state index contributed by atoms with van der Waals surface area (Å²) in [7, 11) is 0. The Hall–Kier alpha value is -1.82. The topological polar surface area (TPSA) is 59.2 Å². The van der Waals surface area contributed by atoms with Crippen LogP contribution in [0.25, 0.3) is 11.5 Å². The molecule has 0 amide bonds. The summed E-state index contributed by atoms with van der Waals surface area (Å²) in [6, 6.07) is 8.15. The van der Waals surface area contributed by atoms with Crippen LogP contribution < -0.4 is 4.90 Å². The zero-order valence-electron chi connectivity index (χ0n) is 14.2. The molecule has 5 nitrogen and oxygen atoms in total. The van der Waals surface area contributed by atoms with Gasteiger partial charge >= 0.3 is 0 Å². The predicted molar refractivity (Wildman–Crippen MR) is 96.4 cm³/mol. The van der Waals surface area contributed by atoms with E-state index in [1.54, 1.807) is 0 Å². The normalized spacial score (nSPS) is 17.9. The third-order valence-electron chi connectivity index (χ3n) is 4.39. The number of carbonyl (C=O) groups excluding carboxylic acids is 1. The molecule has 0 N–H and O–H groups in total. The lowest BCUT2D eigenvalue weighted by atomic mass is 9.99. The number of Topliss-reactive ketones (excluding diaryl/α,β-unsaturated/α-hetero) is 1. The molecule has 1 heterocycles. The highest BCUT2D eigenvalue weighted by Gasteiger charge is 2.25. The van der Waals surface area contributed by atoms with Crippen LogP contribution >= 0.6 is 11.8 Å². The molecule has 1 fully saturated rings. The van der Waals surface area contributed by atoms with Gasteiger partial charge in [-0.1, -0.05) is 18.2 Å². The van der Waals surface area contributed by atoms with Crippen LogP contribution in [0.3, 0.4) is 0 Å². The van der Waals surface area contributed by atoms with Crippen molar-refractivity contribution in [3.05, 3.63) is 24.3 Å². The van der Waals surface area contributed by atoms with Gasteiger partial charge in [0.25, 0.3) is 5.22 Å². The standard InChI is InChI=1S/C18H23N3O2S/c1-3-21(4-2)14-11-9-13(10-12-14)17-19-20-18(23-17)24-16-8-6-5-7-15(16)22/h9-12,16H,3-8H2,1-2H3. The number of thioether (sulfide) groups is 1. The van der Waals surface area contributed by atoms with Gasteiger partial charge in [0.15, 0.2) is 0 Å². The van der Waals surface area contributed by atoms with Gasteiger partial charge < -0.3 is 9.32 Å². The van der Waals surface area contributed by atoms with Crippen molar-refractivity contribution in [3.8, 4) is 11.5 Å². The largest absolute Gasteiger partial charge is 0.411 e. The number of nitrogens with zero attached hydrogens (tertiary/aromatic N) is 3. The summed E-state index contributed by atoms with van der Waals surface area (Å²) in [4.78, 5) is 14.2. The highest BCUT2D eigenvalue weighted by Crippen LogP contribution is 2.32. The summed E-state index contributed by atoms with van der Waals surface area (Å²) in [5.74, 6) is 0.807. The van der Waals surface area contributed by atoms with Gasteiger partial charge in [-0.2, -0.15) is 0 Å². The minimum absolute atomic E-state index is 0.0305. The SMILES string of the molecule is CCN(CC)c1ccc(-c2nnc(SC3CCCCC3=O)o2)cc1. The van der Waals surface area contributed by atoms with E-state index >= 15 is 0 Å². The van der Waals surface area contributed by atoms with Crippen LogP contribution in [0.5, 0.6) is 0 Å². The molecule has 1 aliphatic carbocycles. The van der Waals surface area contributed by atoms with Gasteiger partial charge in [0.2, 0.25) is 5.89 Å². The fourth-order valence-corrected chi connectivity index (χ4v) is 3.97. The molecule has 1 atom stereocenters. The quantitative estimate of drug-likeness (QED) is 0.782. The zero-order valence-corrected chi connectivity index (χ0v) is 15.0. The molecule has 1 aromatic carbocycles. The Morgan fingerprint density at radius 1 is 1.17 bits per heavy atom. The molecule has 1 aromatic heterocycles. The monoisotopic (exact) mass is 345 g/mol. The summed E-state index contributed by atoms with van der Waals surface area (Å²) in [5, 5.41) is 8.68. The molecule has 1 aliphatic rings. The maximum Gasteiger partial charge on any atom is 0.277 e. The van der Waals surface area contributed by atoms with Crippen molar-refractivity contribution in [2.24, 2.45) is 0 Å². The second kappa shape index (κ2) is 7.83. The molecule has 0 bridgehead atoms. The van der Waals surface area contributed by atoms with Gasteiger partial charge in [-0.25, -0.2) is 0 Å². The fraction of sp³-hybridized carbons (Fsp3) is 0.500. The average Bonchev–Trinajstić information content (AvgIpc) is 3.07. The lowest BCUT2D eigenvalue weighted by Crippen LogP contribution is -2.21. The zero-order chi connectivity index (χ0) is 16.9. The summed E-state index contributed by atoms with van der Waals surface area (Å²) in [6.07, 6.45) is 3.67. The fourth-order valence-electron chi connectivity index (χ4n) is 2.97. The van der Waals surface area contributed by atoms with E-state index in [4.69, 9.17) is 4.42 Å². The van der Waals surface area contributed by atoms with Gasteiger partial charge in [0.1, 0.15) is 5.78 Å². The van der Waals surface area contributed by atoms with Crippen molar-refractivity contribution < 1.29 is 9.21 Å². The van der Waals surface area contributed by atoms with E-state index in [9.17, 15) is 4.79 Å². The van der Waals surface area contributed by atoms with E-state index in [2.05, 4.69) is 41.1 Å². The van der Waals surface area contributed by atoms with Crippen LogP contribution in [0.1, 0.15) is 39.5 Å². The molecule has 6 heteroatoms. The molecule has 128 valence electrons.